The maximum absolute atomic E-state index is 13.4. The summed E-state index contributed by atoms with van der Waals surface area (Å²) in [6.07, 6.45) is 1.72. The molecule has 3 aromatic rings. The van der Waals surface area contributed by atoms with Crippen molar-refractivity contribution in [1.82, 2.24) is 0 Å². The van der Waals surface area contributed by atoms with E-state index in [4.69, 9.17) is 9.47 Å². The lowest BCUT2D eigenvalue weighted by atomic mass is 10.1. The molecule has 0 atom stereocenters. The molecule has 7 nitrogen and oxygen atoms in total. The summed E-state index contributed by atoms with van der Waals surface area (Å²) in [6.45, 7) is 3.96. The first-order valence-corrected chi connectivity index (χ1v) is 12.3. The number of nitrogens with zero attached hydrogens (tertiary/aromatic N) is 2. The van der Waals surface area contributed by atoms with Gasteiger partial charge < -0.3 is 14.8 Å². The van der Waals surface area contributed by atoms with Crippen molar-refractivity contribution in [3.8, 4) is 11.5 Å². The number of hydrogen-bond donors (Lipinski definition) is 1. The highest BCUT2D eigenvalue weighted by molar-refractivity contribution is 8.14. The summed E-state index contributed by atoms with van der Waals surface area (Å²) >= 11 is 1.21. The normalized spacial score (nSPS) is 14.1. The zero-order valence-electron chi connectivity index (χ0n) is 20.6. The quantitative estimate of drug-likeness (QED) is 0.436. The Morgan fingerprint density at radius 1 is 0.972 bits per heavy atom. The maximum atomic E-state index is 13.4. The van der Waals surface area contributed by atoms with E-state index in [0.717, 1.165) is 28.1 Å². The lowest BCUT2D eigenvalue weighted by Gasteiger charge is -2.18. The van der Waals surface area contributed by atoms with Crippen molar-refractivity contribution in [3.63, 3.8) is 0 Å². The molecule has 4 rings (SSSR count). The molecule has 1 aliphatic heterocycles. The van der Waals surface area contributed by atoms with Crippen molar-refractivity contribution in [3.05, 3.63) is 89.1 Å². The number of rotatable bonds is 7. The van der Waals surface area contributed by atoms with Gasteiger partial charge in [0.2, 0.25) is 5.91 Å². The molecule has 184 valence electrons. The molecule has 0 aliphatic carbocycles. The first-order valence-electron chi connectivity index (χ1n) is 11.3. The van der Waals surface area contributed by atoms with E-state index in [1.54, 1.807) is 44.6 Å². The predicted molar refractivity (Wildman–Crippen MR) is 146 cm³/mol. The molecule has 0 fully saturated rings. The lowest BCUT2D eigenvalue weighted by molar-refractivity contribution is -0.114. The highest BCUT2D eigenvalue weighted by atomic mass is 32.2. The van der Waals surface area contributed by atoms with Gasteiger partial charge >= 0.3 is 0 Å². The smallest absolute Gasteiger partial charge is 0.283 e. The summed E-state index contributed by atoms with van der Waals surface area (Å²) in [4.78, 5) is 32.2. The highest BCUT2D eigenvalue weighted by Crippen LogP contribution is 2.31. The number of amidine groups is 1. The van der Waals surface area contributed by atoms with Gasteiger partial charge in [0, 0.05) is 5.69 Å². The Morgan fingerprint density at radius 3 is 2.22 bits per heavy atom. The maximum Gasteiger partial charge on any atom is 0.283 e. The number of benzene rings is 3. The Balaban J connectivity index is 1.57. The van der Waals surface area contributed by atoms with Crippen LogP contribution in [0.2, 0.25) is 0 Å². The van der Waals surface area contributed by atoms with E-state index < -0.39 is 0 Å². The average molecular weight is 502 g/mol. The van der Waals surface area contributed by atoms with Crippen molar-refractivity contribution in [2.45, 2.75) is 13.8 Å². The van der Waals surface area contributed by atoms with Crippen molar-refractivity contribution in [1.29, 1.82) is 0 Å². The second-order valence-corrected chi connectivity index (χ2v) is 9.13. The van der Waals surface area contributed by atoms with E-state index in [2.05, 4.69) is 10.3 Å². The summed E-state index contributed by atoms with van der Waals surface area (Å²) in [5, 5.41) is 3.37. The third kappa shape index (κ3) is 5.78. The first kappa shape index (κ1) is 25.1. The molecule has 3 aromatic carbocycles. The van der Waals surface area contributed by atoms with Gasteiger partial charge in [-0.25, -0.2) is 4.99 Å². The van der Waals surface area contributed by atoms with Crippen LogP contribution in [-0.4, -0.2) is 37.0 Å². The minimum Gasteiger partial charge on any atom is -0.497 e. The third-order valence-corrected chi connectivity index (χ3v) is 6.51. The van der Waals surface area contributed by atoms with Gasteiger partial charge in [-0.3, -0.25) is 14.5 Å². The van der Waals surface area contributed by atoms with Crippen LogP contribution in [0.1, 0.15) is 16.7 Å². The average Bonchev–Trinajstić information content (AvgIpc) is 3.19. The number of carbonyl (C=O) groups is 2. The molecule has 1 N–H and O–H groups in total. The van der Waals surface area contributed by atoms with Gasteiger partial charge in [0.05, 0.1) is 25.7 Å². The molecule has 1 aliphatic rings. The molecule has 1 heterocycles. The highest BCUT2D eigenvalue weighted by Gasteiger charge is 2.32. The van der Waals surface area contributed by atoms with Gasteiger partial charge in [0.25, 0.3) is 5.91 Å². The van der Waals surface area contributed by atoms with E-state index in [0.29, 0.717) is 16.6 Å². The Morgan fingerprint density at radius 2 is 1.61 bits per heavy atom. The summed E-state index contributed by atoms with van der Waals surface area (Å²) in [5.41, 5.74) is 4.63. The van der Waals surface area contributed by atoms with Crippen molar-refractivity contribution in [2.24, 2.45) is 4.99 Å². The molecule has 0 saturated heterocycles. The molecule has 0 unspecified atom stereocenters. The predicted octanol–water partition coefficient (Wildman–Crippen LogP) is 5.44. The number of hydrogen-bond acceptors (Lipinski definition) is 6. The van der Waals surface area contributed by atoms with Crippen molar-refractivity contribution < 1.29 is 19.1 Å². The van der Waals surface area contributed by atoms with Crippen molar-refractivity contribution in [2.75, 3.05) is 30.2 Å². The molecule has 0 spiro atoms. The van der Waals surface area contributed by atoms with Crippen LogP contribution in [0.15, 0.2) is 77.4 Å². The van der Waals surface area contributed by atoms with E-state index in [1.807, 2.05) is 56.3 Å². The van der Waals surface area contributed by atoms with E-state index in [-0.39, 0.29) is 23.3 Å². The molecular weight excluding hydrogens is 474 g/mol. The van der Waals surface area contributed by atoms with Crippen LogP contribution in [-0.2, 0) is 9.59 Å². The molecule has 2 amide bonds. The number of ether oxygens (including phenoxy) is 2. The second-order valence-electron chi connectivity index (χ2n) is 8.19. The number of nitrogens with one attached hydrogen (secondary N) is 1. The number of thioether (sulfide) groups is 1. The minimum atomic E-state index is -0.270. The SMILES string of the molecule is COc1ccc(C=C2N=C(SCC(=O)Nc3ccc(C)cc3C)N(c3ccc(OC)cc3)C2=O)cc1. The molecule has 0 radical (unpaired) electrons. The lowest BCUT2D eigenvalue weighted by Crippen LogP contribution is -2.31. The van der Waals surface area contributed by atoms with Crippen LogP contribution >= 0.6 is 11.8 Å². The molecule has 36 heavy (non-hydrogen) atoms. The van der Waals surface area contributed by atoms with Crippen molar-refractivity contribution >= 4 is 46.2 Å². The van der Waals surface area contributed by atoms with Crippen LogP contribution in [0, 0.1) is 13.8 Å². The first-order chi connectivity index (χ1) is 17.4. The summed E-state index contributed by atoms with van der Waals surface area (Å²) in [6, 6.07) is 20.4. The molecule has 8 heteroatoms. The topological polar surface area (TPSA) is 80.2 Å². The van der Waals surface area contributed by atoms with Gasteiger partial charge in [0.15, 0.2) is 5.17 Å². The van der Waals surface area contributed by atoms with E-state index >= 15 is 0 Å². The summed E-state index contributed by atoms with van der Waals surface area (Å²) in [7, 11) is 3.19. The molecule has 0 aromatic heterocycles. The largest absolute Gasteiger partial charge is 0.497 e. The zero-order chi connectivity index (χ0) is 25.7. The fraction of sp³-hybridized carbons (Fsp3) is 0.179. The molecule has 0 saturated carbocycles. The van der Waals surface area contributed by atoms with Crippen LogP contribution < -0.4 is 19.7 Å². The van der Waals surface area contributed by atoms with Crippen LogP contribution in [0.4, 0.5) is 11.4 Å². The molecule has 0 bridgehead atoms. The number of aliphatic imine (C=N–C) groups is 1. The van der Waals surface area contributed by atoms with E-state index in [1.165, 1.54) is 16.7 Å². The minimum absolute atomic E-state index is 0.0991. The van der Waals surface area contributed by atoms with Gasteiger partial charge in [-0.2, -0.15) is 0 Å². The van der Waals surface area contributed by atoms with E-state index in [9.17, 15) is 9.59 Å². The number of amides is 2. The number of carbonyl (C=O) groups excluding carboxylic acids is 2. The summed E-state index contributed by atoms with van der Waals surface area (Å²) in [5.74, 6) is 1.06. The van der Waals surface area contributed by atoms with Gasteiger partial charge in [-0.1, -0.05) is 41.6 Å². The van der Waals surface area contributed by atoms with Crippen LogP contribution in [0.5, 0.6) is 11.5 Å². The fourth-order valence-corrected chi connectivity index (χ4v) is 4.49. The second kappa shape index (κ2) is 11.1. The number of anilines is 2. The number of aryl methyl sites for hydroxylation is 2. The monoisotopic (exact) mass is 501 g/mol. The van der Waals surface area contributed by atoms with Gasteiger partial charge in [0.1, 0.15) is 17.2 Å². The Hall–Kier alpha value is -4.04. The zero-order valence-corrected chi connectivity index (χ0v) is 21.4. The Bertz CT molecular complexity index is 1330. The third-order valence-electron chi connectivity index (χ3n) is 5.57. The molecular formula is C28H27N3O4S. The van der Waals surface area contributed by atoms with Gasteiger partial charge in [-0.15, -0.1) is 0 Å². The van der Waals surface area contributed by atoms with Crippen LogP contribution in [0.3, 0.4) is 0 Å². The van der Waals surface area contributed by atoms with Gasteiger partial charge in [-0.05, 0) is 73.5 Å². The Kier molecular flexibility index (Phi) is 7.75. The van der Waals surface area contributed by atoms with Crippen LogP contribution in [0.25, 0.3) is 6.08 Å². The standard InChI is InChI=1S/C28H27N3O4S/c1-18-5-14-24(19(2)15-18)29-26(32)17-36-28-30-25(16-20-6-10-22(34-3)11-7-20)27(33)31(28)21-8-12-23(35-4)13-9-21/h5-16H,17H2,1-4H3,(H,29,32). The Labute approximate surface area is 214 Å². The fourth-order valence-electron chi connectivity index (χ4n) is 3.68. The summed E-state index contributed by atoms with van der Waals surface area (Å²) < 4.78 is 10.4. The number of methoxy groups -OCH3 is 2.